The molecule has 0 radical (unpaired) electrons. The highest BCUT2D eigenvalue weighted by Crippen LogP contribution is 2.18. The molecule has 0 aromatic carbocycles. The fourth-order valence-corrected chi connectivity index (χ4v) is 2.97. The van der Waals surface area contributed by atoms with E-state index in [1.807, 2.05) is 0 Å². The number of rotatable bonds is 4. The Morgan fingerprint density at radius 1 is 1.52 bits per heavy atom. The first-order valence-corrected chi connectivity index (χ1v) is 7.66. The molecule has 2 unspecified atom stereocenters. The van der Waals surface area contributed by atoms with Gasteiger partial charge in [0, 0.05) is 19.2 Å². The smallest absolute Gasteiger partial charge is 0.267 e. The Morgan fingerprint density at radius 2 is 2.38 bits per heavy atom. The van der Waals surface area contributed by atoms with Crippen molar-refractivity contribution in [3.05, 3.63) is 27.7 Å². The number of nitrogens with one attached hydrogen (secondary N) is 1. The third-order valence-electron chi connectivity index (χ3n) is 4.26. The fraction of sp³-hybridized carbons (Fsp3) is 0.667. The number of hydrogen-bond acceptors (Lipinski definition) is 4. The highest BCUT2D eigenvalue weighted by molar-refractivity contribution is 5.79. The molecule has 1 aromatic heterocycles. The molecule has 2 heterocycles. The number of fused-ring (bicyclic) bond motifs is 1. The number of aryl methyl sites for hydroxylation is 2. The van der Waals surface area contributed by atoms with Crippen molar-refractivity contribution in [3.63, 3.8) is 0 Å². The number of nitrogens with zero attached hydrogens (tertiary/aromatic N) is 2. The molecule has 6 heteroatoms. The molecular formula is C15H21N3O3. The summed E-state index contributed by atoms with van der Waals surface area (Å²) in [5.74, 6) is -0.182. The van der Waals surface area contributed by atoms with Crippen LogP contribution in [0.1, 0.15) is 43.5 Å². The number of aromatic nitrogens is 2. The summed E-state index contributed by atoms with van der Waals surface area (Å²) in [6.45, 7) is 2.98. The van der Waals surface area contributed by atoms with E-state index in [4.69, 9.17) is 4.74 Å². The molecule has 114 valence electrons. The quantitative estimate of drug-likeness (QED) is 0.881. The predicted molar refractivity (Wildman–Crippen MR) is 77.2 cm³/mol. The average Bonchev–Trinajstić information content (AvgIpc) is 3.13. The Bertz CT molecular complexity index is 590. The van der Waals surface area contributed by atoms with Gasteiger partial charge in [-0.1, -0.05) is 0 Å². The van der Waals surface area contributed by atoms with Crippen molar-refractivity contribution in [2.24, 2.45) is 0 Å². The SMILES string of the molecule is CC(C(=O)NCC1CCCO1)n1nc2c(cc1=O)CCC2. The van der Waals surface area contributed by atoms with Crippen LogP contribution in [-0.4, -0.2) is 34.9 Å². The Kier molecular flexibility index (Phi) is 4.05. The third-order valence-corrected chi connectivity index (χ3v) is 4.26. The van der Waals surface area contributed by atoms with E-state index in [-0.39, 0.29) is 17.6 Å². The predicted octanol–water partition coefficient (Wildman–Crippen LogP) is 0.588. The number of amides is 1. The zero-order chi connectivity index (χ0) is 14.8. The van der Waals surface area contributed by atoms with Crippen LogP contribution >= 0.6 is 0 Å². The largest absolute Gasteiger partial charge is 0.376 e. The van der Waals surface area contributed by atoms with Crippen LogP contribution in [0.3, 0.4) is 0 Å². The number of carbonyl (C=O) groups excluding carboxylic acids is 1. The zero-order valence-corrected chi connectivity index (χ0v) is 12.3. The minimum absolute atomic E-state index is 0.103. The van der Waals surface area contributed by atoms with Gasteiger partial charge in [0.2, 0.25) is 5.91 Å². The summed E-state index contributed by atoms with van der Waals surface area (Å²) in [6.07, 6.45) is 4.96. The van der Waals surface area contributed by atoms with Crippen LogP contribution < -0.4 is 10.9 Å². The highest BCUT2D eigenvalue weighted by Gasteiger charge is 2.23. The summed E-state index contributed by atoms with van der Waals surface area (Å²) >= 11 is 0. The van der Waals surface area contributed by atoms with E-state index in [0.29, 0.717) is 6.54 Å². The lowest BCUT2D eigenvalue weighted by Crippen LogP contribution is -2.40. The molecular weight excluding hydrogens is 270 g/mol. The molecule has 1 saturated heterocycles. The van der Waals surface area contributed by atoms with Crippen molar-refractivity contribution < 1.29 is 9.53 Å². The second-order valence-corrected chi connectivity index (χ2v) is 5.81. The zero-order valence-electron chi connectivity index (χ0n) is 12.3. The molecule has 3 rings (SSSR count). The Labute approximate surface area is 123 Å². The number of ether oxygens (including phenoxy) is 1. The van der Waals surface area contributed by atoms with Gasteiger partial charge in [0.25, 0.3) is 5.56 Å². The lowest BCUT2D eigenvalue weighted by atomic mass is 10.2. The maximum Gasteiger partial charge on any atom is 0.267 e. The number of carbonyl (C=O) groups is 1. The van der Waals surface area contributed by atoms with Crippen LogP contribution in [0.5, 0.6) is 0 Å². The summed E-state index contributed by atoms with van der Waals surface area (Å²) < 4.78 is 6.77. The average molecular weight is 291 g/mol. The lowest BCUT2D eigenvalue weighted by Gasteiger charge is -2.16. The molecule has 1 N–H and O–H groups in total. The topological polar surface area (TPSA) is 73.2 Å². The van der Waals surface area contributed by atoms with Crippen molar-refractivity contribution in [2.45, 2.75) is 51.2 Å². The maximum atomic E-state index is 12.2. The summed E-state index contributed by atoms with van der Waals surface area (Å²) in [7, 11) is 0. The van der Waals surface area contributed by atoms with Crippen LogP contribution in [-0.2, 0) is 22.4 Å². The molecule has 0 bridgehead atoms. The van der Waals surface area contributed by atoms with Gasteiger partial charge in [0.1, 0.15) is 6.04 Å². The maximum absolute atomic E-state index is 12.2. The first-order chi connectivity index (χ1) is 10.1. The van der Waals surface area contributed by atoms with E-state index < -0.39 is 6.04 Å². The van der Waals surface area contributed by atoms with Gasteiger partial charge in [-0.2, -0.15) is 5.10 Å². The molecule has 6 nitrogen and oxygen atoms in total. The van der Waals surface area contributed by atoms with Gasteiger partial charge in [-0.3, -0.25) is 9.59 Å². The lowest BCUT2D eigenvalue weighted by molar-refractivity contribution is -0.124. The summed E-state index contributed by atoms with van der Waals surface area (Å²) in [5, 5.41) is 7.22. The highest BCUT2D eigenvalue weighted by atomic mass is 16.5. The molecule has 2 atom stereocenters. The molecule has 1 aliphatic heterocycles. The molecule has 1 amide bonds. The van der Waals surface area contributed by atoms with Crippen LogP contribution in [0.2, 0.25) is 0 Å². The number of hydrogen-bond donors (Lipinski definition) is 1. The molecule has 1 aromatic rings. The van der Waals surface area contributed by atoms with Gasteiger partial charge in [0.05, 0.1) is 11.8 Å². The second-order valence-electron chi connectivity index (χ2n) is 5.81. The Hall–Kier alpha value is -1.69. The van der Waals surface area contributed by atoms with Gasteiger partial charge >= 0.3 is 0 Å². The van der Waals surface area contributed by atoms with Crippen LogP contribution in [0.15, 0.2) is 10.9 Å². The first-order valence-electron chi connectivity index (χ1n) is 7.66. The normalized spacial score (nSPS) is 22.0. The van der Waals surface area contributed by atoms with Gasteiger partial charge in [-0.15, -0.1) is 0 Å². The second kappa shape index (κ2) is 5.97. The van der Waals surface area contributed by atoms with E-state index in [0.717, 1.165) is 50.0 Å². The summed E-state index contributed by atoms with van der Waals surface area (Å²) in [4.78, 5) is 24.3. The van der Waals surface area contributed by atoms with E-state index in [9.17, 15) is 9.59 Å². The van der Waals surface area contributed by atoms with Gasteiger partial charge in [-0.25, -0.2) is 4.68 Å². The van der Waals surface area contributed by atoms with E-state index in [2.05, 4.69) is 10.4 Å². The van der Waals surface area contributed by atoms with Gasteiger partial charge in [-0.05, 0) is 44.6 Å². The monoisotopic (exact) mass is 291 g/mol. The van der Waals surface area contributed by atoms with Crippen molar-refractivity contribution in [1.82, 2.24) is 15.1 Å². The molecule has 1 aliphatic carbocycles. The van der Waals surface area contributed by atoms with Gasteiger partial charge < -0.3 is 10.1 Å². The van der Waals surface area contributed by atoms with Gasteiger partial charge in [0.15, 0.2) is 0 Å². The van der Waals surface area contributed by atoms with Crippen LogP contribution in [0, 0.1) is 0 Å². The van der Waals surface area contributed by atoms with Crippen LogP contribution in [0.4, 0.5) is 0 Å². The van der Waals surface area contributed by atoms with Crippen molar-refractivity contribution in [1.29, 1.82) is 0 Å². The minimum Gasteiger partial charge on any atom is -0.376 e. The van der Waals surface area contributed by atoms with Crippen molar-refractivity contribution in [3.8, 4) is 0 Å². The standard InChI is InChI=1S/C15H21N3O3/c1-10(15(20)16-9-12-5-3-7-21-12)18-14(19)8-11-4-2-6-13(11)17-18/h8,10,12H,2-7,9H2,1H3,(H,16,20). The van der Waals surface area contributed by atoms with E-state index in [1.54, 1.807) is 13.0 Å². The van der Waals surface area contributed by atoms with E-state index >= 15 is 0 Å². The van der Waals surface area contributed by atoms with Crippen LogP contribution in [0.25, 0.3) is 0 Å². The molecule has 0 saturated carbocycles. The molecule has 21 heavy (non-hydrogen) atoms. The summed E-state index contributed by atoms with van der Waals surface area (Å²) in [6, 6.07) is 1.03. The first kappa shape index (κ1) is 14.3. The van der Waals surface area contributed by atoms with Crippen molar-refractivity contribution >= 4 is 5.91 Å². The fourth-order valence-electron chi connectivity index (χ4n) is 2.97. The third kappa shape index (κ3) is 3.00. The molecule has 1 fully saturated rings. The summed E-state index contributed by atoms with van der Waals surface area (Å²) in [5.41, 5.74) is 1.78. The minimum atomic E-state index is -0.593. The van der Waals surface area contributed by atoms with E-state index in [1.165, 1.54) is 4.68 Å². The molecule has 2 aliphatic rings. The molecule has 0 spiro atoms. The Morgan fingerprint density at radius 3 is 3.14 bits per heavy atom. The Balaban J connectivity index is 1.68. The van der Waals surface area contributed by atoms with Crippen molar-refractivity contribution in [2.75, 3.05) is 13.2 Å².